The van der Waals surface area contributed by atoms with Crippen LogP contribution in [0, 0.1) is 0 Å². The van der Waals surface area contributed by atoms with E-state index >= 15 is 0 Å². The summed E-state index contributed by atoms with van der Waals surface area (Å²) in [5.41, 5.74) is -0.428. The van der Waals surface area contributed by atoms with Crippen molar-refractivity contribution in [3.05, 3.63) is 28.2 Å². The van der Waals surface area contributed by atoms with Gasteiger partial charge in [0, 0.05) is 18.0 Å². The summed E-state index contributed by atoms with van der Waals surface area (Å²) >= 11 is 12.1. The maximum atomic E-state index is 12.5. The number of anilines is 1. The van der Waals surface area contributed by atoms with E-state index in [2.05, 4.69) is 5.32 Å². The summed E-state index contributed by atoms with van der Waals surface area (Å²) in [4.78, 5) is 25.6. The van der Waals surface area contributed by atoms with Gasteiger partial charge in [-0.15, -0.1) is 0 Å². The monoisotopic (exact) mass is 300 g/mol. The number of halogens is 2. The van der Waals surface area contributed by atoms with Gasteiger partial charge in [-0.05, 0) is 32.0 Å². The average Bonchev–Trinajstić information content (AvgIpc) is 2.41. The quantitative estimate of drug-likeness (QED) is 0.867. The highest BCUT2D eigenvalue weighted by Crippen LogP contribution is 2.31. The Labute approximate surface area is 121 Å². The molecule has 2 rings (SSSR count). The third-order valence-electron chi connectivity index (χ3n) is 2.99. The Morgan fingerprint density at radius 3 is 2.63 bits per heavy atom. The second kappa shape index (κ2) is 5.02. The summed E-state index contributed by atoms with van der Waals surface area (Å²) in [6.45, 7) is 3.63. The van der Waals surface area contributed by atoms with Gasteiger partial charge < -0.3 is 10.2 Å². The van der Waals surface area contributed by atoms with E-state index in [1.165, 1.54) is 4.90 Å². The predicted molar refractivity (Wildman–Crippen MR) is 75.7 cm³/mol. The number of nitrogens with one attached hydrogen (secondary N) is 1. The average molecular weight is 301 g/mol. The number of amides is 2. The molecule has 0 saturated carbocycles. The SMILES string of the molecule is CC1(C)NC(=O)CCN(c2cc(Cl)ccc2Cl)C1=O. The van der Waals surface area contributed by atoms with E-state index in [0.29, 0.717) is 15.7 Å². The molecule has 19 heavy (non-hydrogen) atoms. The maximum absolute atomic E-state index is 12.5. The first-order chi connectivity index (χ1) is 8.81. The fourth-order valence-corrected chi connectivity index (χ4v) is 2.43. The molecule has 1 heterocycles. The molecule has 1 aliphatic heterocycles. The number of hydrogen-bond donors (Lipinski definition) is 1. The topological polar surface area (TPSA) is 49.4 Å². The van der Waals surface area contributed by atoms with E-state index in [-0.39, 0.29) is 24.8 Å². The highest BCUT2D eigenvalue weighted by molar-refractivity contribution is 6.36. The first-order valence-corrected chi connectivity index (χ1v) is 6.65. The second-order valence-corrected chi connectivity index (χ2v) is 5.82. The molecule has 0 aromatic heterocycles. The highest BCUT2D eigenvalue weighted by Gasteiger charge is 2.37. The van der Waals surface area contributed by atoms with Crippen LogP contribution >= 0.6 is 23.2 Å². The third kappa shape index (κ3) is 2.85. The van der Waals surface area contributed by atoms with E-state index in [0.717, 1.165) is 0 Å². The number of carbonyl (C=O) groups excluding carboxylic acids is 2. The fourth-order valence-electron chi connectivity index (χ4n) is 2.04. The lowest BCUT2D eigenvalue weighted by Gasteiger charge is -2.29. The largest absolute Gasteiger partial charge is 0.342 e. The summed E-state index contributed by atoms with van der Waals surface area (Å²) in [7, 11) is 0. The molecule has 0 radical (unpaired) electrons. The van der Waals surface area contributed by atoms with Gasteiger partial charge >= 0.3 is 0 Å². The highest BCUT2D eigenvalue weighted by atomic mass is 35.5. The van der Waals surface area contributed by atoms with Crippen LogP contribution in [0.3, 0.4) is 0 Å². The molecule has 0 spiro atoms. The Morgan fingerprint density at radius 1 is 1.26 bits per heavy atom. The van der Waals surface area contributed by atoms with Crippen molar-refractivity contribution in [2.75, 3.05) is 11.4 Å². The smallest absolute Gasteiger partial charge is 0.252 e. The molecule has 2 amide bonds. The lowest BCUT2D eigenvalue weighted by atomic mass is 10.0. The van der Waals surface area contributed by atoms with Gasteiger partial charge in [0.05, 0.1) is 10.7 Å². The van der Waals surface area contributed by atoms with Crippen LogP contribution < -0.4 is 10.2 Å². The van der Waals surface area contributed by atoms with Gasteiger partial charge in [-0.2, -0.15) is 0 Å². The summed E-state index contributed by atoms with van der Waals surface area (Å²) in [6.07, 6.45) is 0.234. The van der Waals surface area contributed by atoms with Gasteiger partial charge in [-0.1, -0.05) is 23.2 Å². The zero-order valence-electron chi connectivity index (χ0n) is 10.7. The van der Waals surface area contributed by atoms with Crippen LogP contribution in [0.5, 0.6) is 0 Å². The molecular formula is C13H14Cl2N2O2. The number of hydrogen-bond acceptors (Lipinski definition) is 2. The molecule has 0 unspecified atom stereocenters. The lowest BCUT2D eigenvalue weighted by molar-refractivity contribution is -0.128. The van der Waals surface area contributed by atoms with Gasteiger partial charge in [-0.25, -0.2) is 0 Å². The van der Waals surface area contributed by atoms with Crippen molar-refractivity contribution >= 4 is 40.7 Å². The second-order valence-electron chi connectivity index (χ2n) is 4.98. The van der Waals surface area contributed by atoms with Crippen molar-refractivity contribution in [1.29, 1.82) is 0 Å². The molecule has 4 nitrogen and oxygen atoms in total. The van der Waals surface area contributed by atoms with Crippen molar-refractivity contribution in [3.8, 4) is 0 Å². The Morgan fingerprint density at radius 2 is 1.95 bits per heavy atom. The normalized spacial score (nSPS) is 19.1. The van der Waals surface area contributed by atoms with Crippen molar-refractivity contribution in [1.82, 2.24) is 5.32 Å². The van der Waals surface area contributed by atoms with Gasteiger partial charge in [0.2, 0.25) is 5.91 Å². The summed E-state index contributed by atoms with van der Waals surface area (Å²) < 4.78 is 0. The Kier molecular flexibility index (Phi) is 3.74. The van der Waals surface area contributed by atoms with E-state index in [4.69, 9.17) is 23.2 Å². The first-order valence-electron chi connectivity index (χ1n) is 5.89. The summed E-state index contributed by atoms with van der Waals surface area (Å²) in [6, 6.07) is 4.93. The molecule has 1 aromatic carbocycles. The number of nitrogens with zero attached hydrogens (tertiary/aromatic N) is 1. The van der Waals surface area contributed by atoms with Gasteiger partial charge in [-0.3, -0.25) is 9.59 Å². The molecule has 0 bridgehead atoms. The van der Waals surface area contributed by atoms with E-state index < -0.39 is 5.54 Å². The van der Waals surface area contributed by atoms with Crippen molar-refractivity contribution in [2.45, 2.75) is 25.8 Å². The maximum Gasteiger partial charge on any atom is 0.252 e. The molecule has 0 atom stereocenters. The van der Waals surface area contributed by atoms with Crippen LogP contribution in [0.2, 0.25) is 10.0 Å². The Bertz CT molecular complexity index is 543. The Hall–Kier alpha value is -1.26. The van der Waals surface area contributed by atoms with Crippen LogP contribution in [0.1, 0.15) is 20.3 Å². The molecule has 102 valence electrons. The first kappa shape index (κ1) is 14.2. The van der Waals surface area contributed by atoms with Crippen molar-refractivity contribution in [2.24, 2.45) is 0 Å². The van der Waals surface area contributed by atoms with Crippen LogP contribution in [-0.4, -0.2) is 23.9 Å². The van der Waals surface area contributed by atoms with Gasteiger partial charge in [0.1, 0.15) is 5.54 Å². The van der Waals surface area contributed by atoms with Crippen LogP contribution in [0.15, 0.2) is 18.2 Å². The Balaban J connectivity index is 2.45. The molecule has 0 aliphatic carbocycles. The summed E-state index contributed by atoms with van der Waals surface area (Å²) in [5.74, 6) is -0.360. The minimum absolute atomic E-state index is 0.154. The van der Waals surface area contributed by atoms with Crippen LogP contribution in [-0.2, 0) is 9.59 Å². The van der Waals surface area contributed by atoms with E-state index in [1.807, 2.05) is 0 Å². The minimum Gasteiger partial charge on any atom is -0.342 e. The molecular weight excluding hydrogens is 287 g/mol. The van der Waals surface area contributed by atoms with Crippen molar-refractivity contribution in [3.63, 3.8) is 0 Å². The zero-order valence-corrected chi connectivity index (χ0v) is 12.2. The van der Waals surface area contributed by atoms with E-state index in [9.17, 15) is 9.59 Å². The third-order valence-corrected chi connectivity index (χ3v) is 3.55. The molecule has 1 fully saturated rings. The minimum atomic E-state index is -0.959. The van der Waals surface area contributed by atoms with Gasteiger partial charge in [0.15, 0.2) is 0 Å². The molecule has 1 saturated heterocycles. The predicted octanol–water partition coefficient (Wildman–Crippen LogP) is 2.62. The fraction of sp³-hybridized carbons (Fsp3) is 0.385. The molecule has 1 aliphatic rings. The number of benzene rings is 1. The molecule has 1 aromatic rings. The number of carbonyl (C=O) groups is 2. The molecule has 6 heteroatoms. The molecule has 1 N–H and O–H groups in total. The van der Waals surface area contributed by atoms with Crippen LogP contribution in [0.4, 0.5) is 5.69 Å². The van der Waals surface area contributed by atoms with E-state index in [1.54, 1.807) is 32.0 Å². The van der Waals surface area contributed by atoms with Gasteiger partial charge in [0.25, 0.3) is 5.91 Å². The van der Waals surface area contributed by atoms with Crippen molar-refractivity contribution < 1.29 is 9.59 Å². The summed E-state index contributed by atoms with van der Waals surface area (Å²) in [5, 5.41) is 3.62. The van der Waals surface area contributed by atoms with Crippen LogP contribution in [0.25, 0.3) is 0 Å². The standard InChI is InChI=1S/C13H14Cl2N2O2/c1-13(2)12(19)17(6-5-11(18)16-13)10-7-8(14)3-4-9(10)15/h3-4,7H,5-6H2,1-2H3,(H,16,18). The zero-order chi connectivity index (χ0) is 14.2. The number of rotatable bonds is 1. The lowest BCUT2D eigenvalue weighted by Crippen LogP contribution is -2.53.